The second-order valence-electron chi connectivity index (χ2n) is 13.0. The van der Waals surface area contributed by atoms with E-state index < -0.39 is 65.6 Å². The lowest BCUT2D eigenvalue weighted by Crippen LogP contribution is -2.57. The molecule has 0 saturated heterocycles. The van der Waals surface area contributed by atoms with Crippen molar-refractivity contribution in [3.05, 3.63) is 119 Å². The lowest BCUT2D eigenvalue weighted by Gasteiger charge is -2.25. The molecule has 0 bridgehead atoms. The van der Waals surface area contributed by atoms with E-state index in [1.54, 1.807) is 93.6 Å². The number of carboxylic acids is 2. The molecule has 0 aliphatic carbocycles. The number of aliphatic carboxylic acids is 1. The van der Waals surface area contributed by atoms with E-state index in [9.17, 15) is 39.0 Å². The number of benzene rings is 4. The summed E-state index contributed by atoms with van der Waals surface area (Å²) in [4.78, 5) is 76.6. The van der Waals surface area contributed by atoms with Crippen molar-refractivity contribution >= 4 is 35.8 Å². The van der Waals surface area contributed by atoms with Crippen LogP contribution in [0.3, 0.4) is 0 Å². The Hall–Kier alpha value is -6.90. The summed E-state index contributed by atoms with van der Waals surface area (Å²) in [6.45, 7) is 4.13. The number of hydrazine groups is 1. The fourth-order valence-corrected chi connectivity index (χ4v) is 5.21. The number of hydrogen-bond donors (Lipinski definition) is 7. The summed E-state index contributed by atoms with van der Waals surface area (Å²) in [7, 11) is 0. The fourth-order valence-electron chi connectivity index (χ4n) is 5.21. The zero-order chi connectivity index (χ0) is 39.4. The maximum absolute atomic E-state index is 13.9. The Morgan fingerprint density at radius 1 is 0.685 bits per heavy atom. The monoisotopic (exact) mass is 740 g/mol. The van der Waals surface area contributed by atoms with Gasteiger partial charge >= 0.3 is 18.0 Å². The van der Waals surface area contributed by atoms with Crippen LogP contribution in [0, 0.1) is 0 Å². The number of alkyl carbamates (subject to hydrolysis) is 1. The van der Waals surface area contributed by atoms with E-state index in [-0.39, 0.29) is 35.5 Å². The van der Waals surface area contributed by atoms with Crippen LogP contribution in [0.25, 0.3) is 11.1 Å². The van der Waals surface area contributed by atoms with Gasteiger partial charge < -0.3 is 35.4 Å². The predicted octanol–water partition coefficient (Wildman–Crippen LogP) is 3.85. The van der Waals surface area contributed by atoms with E-state index in [1.165, 1.54) is 18.2 Å². The first kappa shape index (κ1) is 39.9. The molecule has 0 aliphatic rings. The minimum atomic E-state index is -1.49. The van der Waals surface area contributed by atoms with Gasteiger partial charge in [0.1, 0.15) is 34.7 Å². The van der Waals surface area contributed by atoms with Gasteiger partial charge in [-0.2, -0.15) is 0 Å². The average Bonchev–Trinajstić information content (AvgIpc) is 3.12. The van der Waals surface area contributed by atoms with Crippen LogP contribution in [0.15, 0.2) is 97.1 Å². The summed E-state index contributed by atoms with van der Waals surface area (Å²) in [5.41, 5.74) is 4.91. The average molecular weight is 741 g/mol. The number of para-hydroxylation sites is 1. The number of aromatic hydroxyl groups is 1. The van der Waals surface area contributed by atoms with Crippen molar-refractivity contribution < 1.29 is 53.6 Å². The van der Waals surface area contributed by atoms with E-state index in [2.05, 4.69) is 21.5 Å². The second kappa shape index (κ2) is 18.0. The number of aromatic carboxylic acids is 1. The van der Waals surface area contributed by atoms with E-state index in [0.717, 1.165) is 6.07 Å². The number of carboxylic acid groups (broad SMARTS) is 2. The van der Waals surface area contributed by atoms with Crippen molar-refractivity contribution in [1.82, 2.24) is 21.5 Å². The number of nitrogens with one attached hydrogen (secondary N) is 4. The quantitative estimate of drug-likeness (QED) is 0.0919. The number of rotatable bonds is 14. The van der Waals surface area contributed by atoms with Gasteiger partial charge in [0.25, 0.3) is 11.8 Å². The molecule has 2 atom stereocenters. The molecule has 4 amide bonds. The summed E-state index contributed by atoms with van der Waals surface area (Å²) in [5, 5.41) is 34.8. The van der Waals surface area contributed by atoms with Crippen LogP contribution in [0.2, 0.25) is 0 Å². The molecule has 0 aromatic heterocycles. The lowest BCUT2D eigenvalue weighted by molar-refractivity contribution is -0.139. The van der Waals surface area contributed by atoms with Crippen molar-refractivity contribution in [3.63, 3.8) is 0 Å². The van der Waals surface area contributed by atoms with E-state index in [1.807, 2.05) is 0 Å². The van der Waals surface area contributed by atoms with Gasteiger partial charge in [0, 0.05) is 18.4 Å². The van der Waals surface area contributed by atoms with Crippen LogP contribution in [-0.4, -0.2) is 75.4 Å². The highest BCUT2D eigenvalue weighted by molar-refractivity contribution is 6.00. The highest BCUT2D eigenvalue weighted by Gasteiger charge is 2.30. The minimum Gasteiger partial charge on any atom is -0.506 e. The molecule has 4 rings (SSSR count). The molecule has 0 spiro atoms. The third-order valence-electron chi connectivity index (χ3n) is 7.65. The summed E-state index contributed by atoms with van der Waals surface area (Å²) in [6.07, 6.45) is -1.24. The lowest BCUT2D eigenvalue weighted by atomic mass is 10.0. The number of hydrogen-bond acceptors (Lipinski definition) is 9. The first-order valence-corrected chi connectivity index (χ1v) is 16.6. The first-order valence-electron chi connectivity index (χ1n) is 16.6. The second-order valence-corrected chi connectivity index (χ2v) is 13.0. The van der Waals surface area contributed by atoms with Crippen LogP contribution in [0.1, 0.15) is 52.6 Å². The Morgan fingerprint density at radius 3 is 1.94 bits per heavy atom. The maximum atomic E-state index is 13.9. The highest BCUT2D eigenvalue weighted by Crippen LogP contribution is 2.32. The van der Waals surface area contributed by atoms with Crippen LogP contribution in [0.5, 0.6) is 11.5 Å². The van der Waals surface area contributed by atoms with Crippen molar-refractivity contribution in [2.75, 3.05) is 6.61 Å². The zero-order valence-electron chi connectivity index (χ0n) is 29.6. The SMILES string of the molecule is CC(C)(C)OC(=O)N[C@@H](Cc1ccccc1)C(=O)N[C@@H](Cc1ccc(OCC(=O)O)c(C(=O)O)c1)C(=O)NNC(=O)c1cccc(-c2ccccc2)c1O. The maximum Gasteiger partial charge on any atom is 0.408 e. The van der Waals surface area contributed by atoms with E-state index >= 15 is 0 Å². The summed E-state index contributed by atoms with van der Waals surface area (Å²) in [6, 6.07) is 23.1. The molecule has 282 valence electrons. The summed E-state index contributed by atoms with van der Waals surface area (Å²) < 4.78 is 10.5. The molecule has 0 radical (unpaired) electrons. The molecule has 0 saturated carbocycles. The first-order chi connectivity index (χ1) is 25.6. The minimum absolute atomic E-state index is 0.00714. The van der Waals surface area contributed by atoms with Crippen molar-refractivity contribution in [2.24, 2.45) is 0 Å². The van der Waals surface area contributed by atoms with Gasteiger partial charge in [-0.3, -0.25) is 25.2 Å². The number of carbonyl (C=O) groups excluding carboxylic acids is 4. The Labute approximate surface area is 310 Å². The van der Waals surface area contributed by atoms with Gasteiger partial charge in [0.2, 0.25) is 5.91 Å². The largest absolute Gasteiger partial charge is 0.506 e. The normalized spacial score (nSPS) is 12.0. The van der Waals surface area contributed by atoms with Gasteiger partial charge in [-0.25, -0.2) is 14.4 Å². The van der Waals surface area contributed by atoms with Crippen molar-refractivity contribution in [2.45, 2.75) is 51.3 Å². The summed E-state index contributed by atoms with van der Waals surface area (Å²) >= 11 is 0. The summed E-state index contributed by atoms with van der Waals surface area (Å²) in [5.74, 6) is -6.01. The standard InChI is InChI=1S/C39H40N4O11/c1-39(2,3)54-38(52)41-29(20-23-11-6-4-7-12-23)35(48)40-30(21-24-17-18-31(53-22-32(44)45)28(19-24)37(50)51)36(49)43-42-34(47)27-16-10-15-26(33(27)46)25-13-8-5-9-14-25/h4-19,29-30,46H,20-22H2,1-3H3,(H,40,48)(H,41,52)(H,42,47)(H,43,49)(H,44,45)(H,50,51)/t29-,30-/m0/s1. The Kier molecular flexibility index (Phi) is 13.3. The molecule has 0 aliphatic heterocycles. The molecule has 0 fully saturated rings. The Balaban J connectivity index is 1.62. The predicted molar refractivity (Wildman–Crippen MR) is 195 cm³/mol. The van der Waals surface area contributed by atoms with Gasteiger partial charge in [-0.1, -0.05) is 78.9 Å². The molecular formula is C39H40N4O11. The molecule has 7 N–H and O–H groups in total. The van der Waals surface area contributed by atoms with Crippen LogP contribution >= 0.6 is 0 Å². The smallest absolute Gasteiger partial charge is 0.408 e. The molecule has 0 heterocycles. The number of ether oxygens (including phenoxy) is 2. The topological polar surface area (TPSA) is 230 Å². The van der Waals surface area contributed by atoms with Gasteiger partial charge in [0.05, 0.1) is 5.56 Å². The van der Waals surface area contributed by atoms with Crippen molar-refractivity contribution in [1.29, 1.82) is 0 Å². The van der Waals surface area contributed by atoms with Crippen molar-refractivity contribution in [3.8, 4) is 22.6 Å². The molecule has 54 heavy (non-hydrogen) atoms. The number of carbonyl (C=O) groups is 6. The van der Waals surface area contributed by atoms with E-state index in [0.29, 0.717) is 16.7 Å². The van der Waals surface area contributed by atoms with E-state index in [4.69, 9.17) is 14.6 Å². The number of phenolic OH excluding ortho intramolecular Hbond substituents is 1. The molecule has 0 unspecified atom stereocenters. The van der Waals surface area contributed by atoms with Crippen LogP contribution in [-0.2, 0) is 32.0 Å². The Bertz CT molecular complexity index is 2000. The molecule has 15 heteroatoms. The zero-order valence-corrected chi connectivity index (χ0v) is 29.6. The number of amides is 4. The molecule has 15 nitrogen and oxygen atoms in total. The van der Waals surface area contributed by atoms with Crippen LogP contribution < -0.4 is 26.2 Å². The molecule has 4 aromatic carbocycles. The van der Waals surface area contributed by atoms with Crippen LogP contribution in [0.4, 0.5) is 4.79 Å². The fraction of sp³-hybridized carbons (Fsp3) is 0.231. The molecule has 4 aromatic rings. The van der Waals surface area contributed by atoms with Gasteiger partial charge in [-0.05, 0) is 55.7 Å². The van der Waals surface area contributed by atoms with Gasteiger partial charge in [-0.15, -0.1) is 0 Å². The number of phenols is 1. The third-order valence-corrected chi connectivity index (χ3v) is 7.65. The molecular weight excluding hydrogens is 700 g/mol. The highest BCUT2D eigenvalue weighted by atomic mass is 16.6. The Morgan fingerprint density at radius 2 is 1.31 bits per heavy atom. The third kappa shape index (κ3) is 11.6. The van der Waals surface area contributed by atoms with Gasteiger partial charge in [0.15, 0.2) is 6.61 Å².